The van der Waals surface area contributed by atoms with Gasteiger partial charge in [0.1, 0.15) is 0 Å². The van der Waals surface area contributed by atoms with Gasteiger partial charge in [0.2, 0.25) is 5.88 Å². The van der Waals surface area contributed by atoms with Crippen molar-refractivity contribution in [1.29, 1.82) is 5.41 Å². The Hall–Kier alpha value is -3.15. The highest BCUT2D eigenvalue weighted by molar-refractivity contribution is 7.92. The van der Waals surface area contributed by atoms with Gasteiger partial charge in [0.15, 0.2) is 21.4 Å². The number of hydrogen-bond acceptors (Lipinski definition) is 9. The average molecular weight is 515 g/mol. The molecule has 0 saturated carbocycles. The molecule has 11 heteroatoms. The molecule has 0 bridgehead atoms. The Bertz CT molecular complexity index is 1300. The number of aliphatic imine (C=N–C) groups is 2. The topological polar surface area (TPSA) is 128 Å². The van der Waals surface area contributed by atoms with Gasteiger partial charge in [-0.25, -0.2) is 23.8 Å². The van der Waals surface area contributed by atoms with Crippen LogP contribution < -0.4 is 10.7 Å². The minimum Gasteiger partial charge on any atom is -0.416 e. The summed E-state index contributed by atoms with van der Waals surface area (Å²) in [5.74, 6) is 0.368. The van der Waals surface area contributed by atoms with Crippen molar-refractivity contribution in [3.63, 3.8) is 0 Å². The molecule has 0 saturated heterocycles. The van der Waals surface area contributed by atoms with Gasteiger partial charge in [0.25, 0.3) is 5.90 Å². The van der Waals surface area contributed by atoms with E-state index < -0.39 is 15.1 Å². The van der Waals surface area contributed by atoms with Crippen molar-refractivity contribution in [1.82, 2.24) is 10.7 Å². The number of sulfone groups is 1. The molecule has 9 nitrogen and oxygen atoms in total. The highest BCUT2D eigenvalue weighted by atomic mass is 32.2. The summed E-state index contributed by atoms with van der Waals surface area (Å²) in [5.41, 5.74) is 4.18. The number of hydrogen-bond donors (Lipinski definition) is 3. The summed E-state index contributed by atoms with van der Waals surface area (Å²) >= 11 is 1.56. The molecular formula is C24H30N6O3S2. The van der Waals surface area contributed by atoms with Crippen LogP contribution in [0.15, 0.2) is 68.0 Å². The normalized spacial score (nSPS) is 15.6. The van der Waals surface area contributed by atoms with E-state index in [1.807, 2.05) is 12.1 Å². The monoisotopic (exact) mass is 514 g/mol. The molecule has 3 N–H and O–H groups in total. The van der Waals surface area contributed by atoms with E-state index in [4.69, 9.17) is 10.1 Å². The van der Waals surface area contributed by atoms with Gasteiger partial charge >= 0.3 is 0 Å². The largest absolute Gasteiger partial charge is 0.416 e. The number of ether oxygens (including phenoxy) is 1. The average Bonchev–Trinajstić information content (AvgIpc) is 3.50. The Balaban J connectivity index is 1.84. The first-order chi connectivity index (χ1) is 16.5. The fourth-order valence-corrected chi connectivity index (χ4v) is 4.96. The predicted molar refractivity (Wildman–Crippen MR) is 142 cm³/mol. The summed E-state index contributed by atoms with van der Waals surface area (Å²) < 4.78 is 30.7. The zero-order valence-corrected chi connectivity index (χ0v) is 22.0. The van der Waals surface area contributed by atoms with Crippen LogP contribution in [0.1, 0.15) is 49.9 Å². The summed E-state index contributed by atoms with van der Waals surface area (Å²) in [6.45, 7) is 13.4. The SMILES string of the molecule is C=NC(=N)C(N=C(C)c1ccc(S(=O)(=O)C(C)C)cc1)=C1NN=C(c2ccc(CNC(C)C)s2)O1. The smallest absolute Gasteiger partial charge is 0.255 e. The van der Waals surface area contributed by atoms with Gasteiger partial charge < -0.3 is 10.1 Å². The highest BCUT2D eigenvalue weighted by Crippen LogP contribution is 2.23. The summed E-state index contributed by atoms with van der Waals surface area (Å²) in [6.07, 6.45) is 0. The van der Waals surface area contributed by atoms with Crippen LogP contribution in [0.3, 0.4) is 0 Å². The molecule has 1 aliphatic heterocycles. The Morgan fingerprint density at radius 2 is 1.89 bits per heavy atom. The number of amidine groups is 1. The number of benzene rings is 1. The fraction of sp³-hybridized carbons (Fsp3) is 0.333. The molecule has 2 aromatic rings. The van der Waals surface area contributed by atoms with Gasteiger partial charge in [-0.15, -0.1) is 16.4 Å². The number of rotatable bonds is 9. The minimum atomic E-state index is -3.37. The van der Waals surface area contributed by atoms with Crippen molar-refractivity contribution in [3.05, 3.63) is 63.3 Å². The van der Waals surface area contributed by atoms with Gasteiger partial charge in [0.05, 0.1) is 15.0 Å². The van der Waals surface area contributed by atoms with Gasteiger partial charge in [-0.2, -0.15) is 0 Å². The van der Waals surface area contributed by atoms with E-state index in [2.05, 4.69) is 46.4 Å². The standard InChI is InChI=1S/C24H30N6O3S2/c1-14(2)27-13-18-9-12-20(34-18)23-29-30-24(33-23)21(22(25)26-6)28-16(5)17-7-10-19(11-8-17)35(31,32)15(3)4/h7-12,14-15,25,27,30H,6,13H2,1-5H3. The predicted octanol–water partition coefficient (Wildman–Crippen LogP) is 4.07. The van der Waals surface area contributed by atoms with Crippen molar-refractivity contribution < 1.29 is 13.2 Å². The maximum absolute atomic E-state index is 12.4. The first-order valence-electron chi connectivity index (χ1n) is 11.1. The molecule has 0 fully saturated rings. The number of thiophene rings is 1. The summed E-state index contributed by atoms with van der Waals surface area (Å²) in [6, 6.07) is 10.8. The first kappa shape index (κ1) is 26.5. The van der Waals surface area contributed by atoms with E-state index in [9.17, 15) is 8.42 Å². The molecule has 2 heterocycles. The van der Waals surface area contributed by atoms with Crippen LogP contribution in [0.2, 0.25) is 0 Å². The third-order valence-electron chi connectivity index (χ3n) is 5.11. The lowest BCUT2D eigenvalue weighted by atomic mass is 10.1. The summed E-state index contributed by atoms with van der Waals surface area (Å²) in [4.78, 5) is 10.5. The van der Waals surface area contributed by atoms with E-state index in [0.29, 0.717) is 23.2 Å². The Morgan fingerprint density at radius 3 is 2.49 bits per heavy atom. The Morgan fingerprint density at radius 1 is 1.20 bits per heavy atom. The molecule has 0 radical (unpaired) electrons. The van der Waals surface area contributed by atoms with E-state index in [1.54, 1.807) is 56.4 Å². The summed E-state index contributed by atoms with van der Waals surface area (Å²) in [7, 11) is -3.37. The molecule has 3 rings (SSSR count). The molecule has 1 aliphatic rings. The number of nitrogens with zero attached hydrogens (tertiary/aromatic N) is 3. The number of hydrazone groups is 1. The van der Waals surface area contributed by atoms with E-state index in [-0.39, 0.29) is 22.3 Å². The molecule has 35 heavy (non-hydrogen) atoms. The van der Waals surface area contributed by atoms with Crippen molar-refractivity contribution in [2.75, 3.05) is 0 Å². The van der Waals surface area contributed by atoms with Crippen LogP contribution >= 0.6 is 11.3 Å². The van der Waals surface area contributed by atoms with Crippen LogP contribution in [-0.2, 0) is 21.1 Å². The van der Waals surface area contributed by atoms with Crippen LogP contribution in [-0.4, -0.2) is 43.9 Å². The van der Waals surface area contributed by atoms with Gasteiger partial charge in [-0.05, 0) is 57.3 Å². The maximum Gasteiger partial charge on any atom is 0.255 e. The molecule has 1 aromatic heterocycles. The zero-order valence-electron chi connectivity index (χ0n) is 20.4. The highest BCUT2D eigenvalue weighted by Gasteiger charge is 2.24. The van der Waals surface area contributed by atoms with Crippen LogP contribution in [0, 0.1) is 5.41 Å². The van der Waals surface area contributed by atoms with E-state index in [1.165, 1.54) is 0 Å². The van der Waals surface area contributed by atoms with Crippen molar-refractivity contribution in [2.45, 2.75) is 57.4 Å². The molecule has 0 amide bonds. The lowest BCUT2D eigenvalue weighted by Crippen LogP contribution is -2.21. The van der Waals surface area contributed by atoms with Gasteiger partial charge in [-0.1, -0.05) is 26.0 Å². The maximum atomic E-state index is 12.4. The fourth-order valence-electron chi connectivity index (χ4n) is 3.02. The van der Waals surface area contributed by atoms with Crippen molar-refractivity contribution in [2.24, 2.45) is 15.1 Å². The molecule has 0 aliphatic carbocycles. The Kier molecular flexibility index (Phi) is 8.36. The first-order valence-corrected chi connectivity index (χ1v) is 13.4. The molecule has 0 spiro atoms. The van der Waals surface area contributed by atoms with Crippen molar-refractivity contribution in [3.8, 4) is 0 Å². The summed E-state index contributed by atoms with van der Waals surface area (Å²) in [5, 5.41) is 15.3. The zero-order chi connectivity index (χ0) is 25.8. The van der Waals surface area contributed by atoms with E-state index >= 15 is 0 Å². The van der Waals surface area contributed by atoms with Gasteiger partial charge in [-0.3, -0.25) is 5.41 Å². The molecular weight excluding hydrogens is 484 g/mol. The second-order valence-electron chi connectivity index (χ2n) is 8.43. The Labute approximate surface area is 210 Å². The van der Waals surface area contributed by atoms with Crippen LogP contribution in [0.4, 0.5) is 0 Å². The van der Waals surface area contributed by atoms with E-state index in [0.717, 1.165) is 16.3 Å². The molecule has 186 valence electrons. The lowest BCUT2D eigenvalue weighted by molar-refractivity contribution is 0.412. The quantitative estimate of drug-likeness (QED) is 0.343. The minimum absolute atomic E-state index is 0.133. The molecule has 0 unspecified atom stereocenters. The third kappa shape index (κ3) is 6.30. The lowest BCUT2D eigenvalue weighted by Gasteiger charge is -2.09. The number of nitrogens with one attached hydrogen (secondary N) is 3. The molecule has 1 aromatic carbocycles. The second kappa shape index (κ2) is 11.1. The third-order valence-corrected chi connectivity index (χ3v) is 8.36. The van der Waals surface area contributed by atoms with Crippen LogP contribution in [0.25, 0.3) is 0 Å². The van der Waals surface area contributed by atoms with Crippen molar-refractivity contribution >= 4 is 45.3 Å². The molecule has 0 atom stereocenters. The van der Waals surface area contributed by atoms with Crippen LogP contribution in [0.5, 0.6) is 0 Å². The second-order valence-corrected chi connectivity index (χ2v) is 12.1. The van der Waals surface area contributed by atoms with Gasteiger partial charge in [0, 0.05) is 23.2 Å².